The van der Waals surface area contributed by atoms with E-state index in [1.807, 2.05) is 13.0 Å². The molecule has 2 aromatic heterocycles. The summed E-state index contributed by atoms with van der Waals surface area (Å²) >= 11 is 0. The largest absolute Gasteiger partial charge is 0.469 e. The average molecular weight is 235 g/mol. The van der Waals surface area contributed by atoms with Gasteiger partial charge in [0.25, 0.3) is 0 Å². The Kier molecular flexibility index (Phi) is 3.93. The van der Waals surface area contributed by atoms with Gasteiger partial charge < -0.3 is 14.7 Å². The molecule has 0 bridgehead atoms. The van der Waals surface area contributed by atoms with E-state index in [2.05, 4.69) is 10.1 Å². The van der Waals surface area contributed by atoms with Crippen molar-refractivity contribution in [3.63, 3.8) is 0 Å². The lowest BCUT2D eigenvalue weighted by atomic mass is 10.2. The number of nitrogens with zero attached hydrogens (tertiary/aromatic N) is 2. The van der Waals surface area contributed by atoms with Gasteiger partial charge in [0, 0.05) is 6.42 Å². The van der Waals surface area contributed by atoms with Gasteiger partial charge in [0.15, 0.2) is 0 Å². The third-order valence-corrected chi connectivity index (χ3v) is 2.66. The minimum atomic E-state index is 0.602. The second kappa shape index (κ2) is 5.63. The Morgan fingerprint density at radius 3 is 2.88 bits per heavy atom. The summed E-state index contributed by atoms with van der Waals surface area (Å²) in [6.45, 7) is 2.62. The van der Waals surface area contributed by atoms with Crippen LogP contribution in [0.1, 0.15) is 30.9 Å². The third-order valence-electron chi connectivity index (χ3n) is 2.66. The van der Waals surface area contributed by atoms with E-state index in [4.69, 9.17) is 14.7 Å². The molecule has 0 atom stereocenters. The van der Waals surface area contributed by atoms with Crippen molar-refractivity contribution in [2.45, 2.75) is 32.6 Å². The minimum Gasteiger partial charge on any atom is -0.469 e. The Morgan fingerprint density at radius 1 is 1.29 bits per heavy atom. The van der Waals surface area contributed by atoms with Gasteiger partial charge in [0.1, 0.15) is 5.76 Å². The van der Waals surface area contributed by atoms with Crippen LogP contribution in [0.4, 0.5) is 0 Å². The highest BCUT2D eigenvalue weighted by molar-refractivity contribution is 5.55. The van der Waals surface area contributed by atoms with Crippen LogP contribution in [0.2, 0.25) is 0 Å². The van der Waals surface area contributed by atoms with Crippen molar-refractivity contribution in [1.82, 2.24) is 10.1 Å². The quantitative estimate of drug-likeness (QED) is 0.777. The van der Waals surface area contributed by atoms with Crippen molar-refractivity contribution < 1.29 is 8.94 Å². The first-order valence-electron chi connectivity index (χ1n) is 5.88. The molecule has 0 saturated carbocycles. The van der Waals surface area contributed by atoms with Gasteiger partial charge in [0.2, 0.25) is 11.7 Å². The topological polar surface area (TPSA) is 78.1 Å². The number of nitrogens with two attached hydrogens (primary N) is 1. The number of hydrogen-bond donors (Lipinski definition) is 1. The number of hydrogen-bond acceptors (Lipinski definition) is 5. The van der Waals surface area contributed by atoms with Crippen molar-refractivity contribution in [3.05, 3.63) is 24.0 Å². The smallest absolute Gasteiger partial charge is 0.226 e. The zero-order valence-corrected chi connectivity index (χ0v) is 9.98. The van der Waals surface area contributed by atoms with E-state index in [1.165, 1.54) is 0 Å². The summed E-state index contributed by atoms with van der Waals surface area (Å²) in [6, 6.07) is 1.85. The molecule has 0 fully saturated rings. The molecule has 0 radical (unpaired) electrons. The van der Waals surface area contributed by atoms with E-state index in [9.17, 15) is 0 Å². The van der Waals surface area contributed by atoms with Gasteiger partial charge in [-0.05, 0) is 32.4 Å². The van der Waals surface area contributed by atoms with Crippen LogP contribution in [0.3, 0.4) is 0 Å². The molecular formula is C12H17N3O2. The second-order valence-corrected chi connectivity index (χ2v) is 4.00. The van der Waals surface area contributed by atoms with Crippen LogP contribution in [-0.2, 0) is 6.42 Å². The maximum absolute atomic E-state index is 5.43. The summed E-state index contributed by atoms with van der Waals surface area (Å²) in [5.41, 5.74) is 6.32. The van der Waals surface area contributed by atoms with Crippen molar-refractivity contribution in [3.8, 4) is 11.4 Å². The molecule has 2 heterocycles. The van der Waals surface area contributed by atoms with Gasteiger partial charge in [-0.3, -0.25) is 0 Å². The number of aromatic nitrogens is 2. The van der Waals surface area contributed by atoms with E-state index in [-0.39, 0.29) is 0 Å². The van der Waals surface area contributed by atoms with Gasteiger partial charge in [0.05, 0.1) is 11.8 Å². The molecule has 2 aromatic rings. The van der Waals surface area contributed by atoms with E-state index in [1.54, 1.807) is 6.26 Å². The molecule has 0 unspecified atom stereocenters. The first kappa shape index (κ1) is 11.9. The van der Waals surface area contributed by atoms with Crippen molar-refractivity contribution in [2.75, 3.05) is 6.54 Å². The summed E-state index contributed by atoms with van der Waals surface area (Å²) in [5, 5.41) is 3.95. The van der Waals surface area contributed by atoms with E-state index in [0.29, 0.717) is 11.7 Å². The molecular weight excluding hydrogens is 218 g/mol. The lowest BCUT2D eigenvalue weighted by molar-refractivity contribution is 0.374. The lowest BCUT2D eigenvalue weighted by Gasteiger charge is -1.94. The first-order valence-corrected chi connectivity index (χ1v) is 5.88. The van der Waals surface area contributed by atoms with Gasteiger partial charge >= 0.3 is 0 Å². The zero-order chi connectivity index (χ0) is 12.1. The average Bonchev–Trinajstić information content (AvgIpc) is 2.93. The first-order chi connectivity index (χ1) is 8.31. The number of rotatable bonds is 6. The molecule has 17 heavy (non-hydrogen) atoms. The normalized spacial score (nSPS) is 10.9. The second-order valence-electron chi connectivity index (χ2n) is 4.00. The van der Waals surface area contributed by atoms with Crippen LogP contribution in [0, 0.1) is 6.92 Å². The number of furan rings is 1. The van der Waals surface area contributed by atoms with Gasteiger partial charge in [-0.1, -0.05) is 11.6 Å². The maximum atomic E-state index is 5.43. The standard InChI is InChI=1S/C12H17N3O2/c1-9-10(6-8-16-9)12-14-11(17-15-12)5-3-2-4-7-13/h6,8H,2-5,7,13H2,1H3. The molecule has 0 saturated heterocycles. The van der Waals surface area contributed by atoms with Gasteiger partial charge in [-0.25, -0.2) is 0 Å². The van der Waals surface area contributed by atoms with Crippen LogP contribution in [0.25, 0.3) is 11.4 Å². The van der Waals surface area contributed by atoms with Gasteiger partial charge in [-0.2, -0.15) is 4.98 Å². The molecule has 0 amide bonds. The summed E-state index contributed by atoms with van der Waals surface area (Å²) in [4.78, 5) is 4.34. The molecule has 2 N–H and O–H groups in total. The van der Waals surface area contributed by atoms with E-state index < -0.39 is 0 Å². The fourth-order valence-corrected chi connectivity index (χ4v) is 1.68. The Labute approximate surface area is 100.0 Å². The molecule has 92 valence electrons. The Balaban J connectivity index is 1.95. The van der Waals surface area contributed by atoms with Crippen LogP contribution >= 0.6 is 0 Å². The molecule has 0 aliphatic carbocycles. The lowest BCUT2D eigenvalue weighted by Crippen LogP contribution is -1.98. The molecule has 0 spiro atoms. The molecule has 5 nitrogen and oxygen atoms in total. The SMILES string of the molecule is Cc1occc1-c1noc(CCCCCN)n1. The monoisotopic (exact) mass is 235 g/mol. The summed E-state index contributed by atoms with van der Waals surface area (Å²) in [5.74, 6) is 2.09. The Bertz CT molecular complexity index is 462. The molecule has 5 heteroatoms. The number of aryl methyl sites for hydroxylation is 2. The predicted molar refractivity (Wildman–Crippen MR) is 63.3 cm³/mol. The fourth-order valence-electron chi connectivity index (χ4n) is 1.68. The molecule has 0 aliphatic rings. The zero-order valence-electron chi connectivity index (χ0n) is 9.98. The van der Waals surface area contributed by atoms with E-state index >= 15 is 0 Å². The minimum absolute atomic E-state index is 0.602. The maximum Gasteiger partial charge on any atom is 0.226 e. The summed E-state index contributed by atoms with van der Waals surface area (Å²) < 4.78 is 10.4. The summed E-state index contributed by atoms with van der Waals surface area (Å²) in [6.07, 6.45) is 5.61. The third kappa shape index (κ3) is 2.94. The highest BCUT2D eigenvalue weighted by atomic mass is 16.5. The predicted octanol–water partition coefficient (Wildman–Crippen LogP) is 2.31. The highest BCUT2D eigenvalue weighted by Gasteiger charge is 2.12. The van der Waals surface area contributed by atoms with Gasteiger partial charge in [-0.15, -0.1) is 0 Å². The van der Waals surface area contributed by atoms with Crippen molar-refractivity contribution in [2.24, 2.45) is 5.73 Å². The Hall–Kier alpha value is -1.62. The van der Waals surface area contributed by atoms with Crippen LogP contribution < -0.4 is 5.73 Å². The molecule has 0 aliphatic heterocycles. The Morgan fingerprint density at radius 2 is 2.18 bits per heavy atom. The van der Waals surface area contributed by atoms with E-state index in [0.717, 1.165) is 43.6 Å². The fraction of sp³-hybridized carbons (Fsp3) is 0.500. The molecule has 0 aromatic carbocycles. The highest BCUT2D eigenvalue weighted by Crippen LogP contribution is 2.21. The van der Waals surface area contributed by atoms with Crippen molar-refractivity contribution in [1.29, 1.82) is 0 Å². The van der Waals surface area contributed by atoms with Crippen molar-refractivity contribution >= 4 is 0 Å². The van der Waals surface area contributed by atoms with Crippen LogP contribution in [0.5, 0.6) is 0 Å². The molecule has 2 rings (SSSR count). The van der Waals surface area contributed by atoms with Crippen LogP contribution in [0.15, 0.2) is 21.3 Å². The summed E-state index contributed by atoms with van der Waals surface area (Å²) in [7, 11) is 0. The number of unbranched alkanes of at least 4 members (excludes halogenated alkanes) is 2. The van der Waals surface area contributed by atoms with Crippen LogP contribution in [-0.4, -0.2) is 16.7 Å².